The number of halogens is 4. The Morgan fingerprint density at radius 3 is 2.72 bits per heavy atom. The summed E-state index contributed by atoms with van der Waals surface area (Å²) < 4.78 is 45.1. The third kappa shape index (κ3) is 4.93. The van der Waals surface area contributed by atoms with E-state index in [2.05, 4.69) is 5.32 Å². The second-order valence-corrected chi connectivity index (χ2v) is 7.60. The summed E-state index contributed by atoms with van der Waals surface area (Å²) in [5.74, 6) is -0.563. The van der Waals surface area contributed by atoms with E-state index in [1.54, 1.807) is 6.92 Å². The van der Waals surface area contributed by atoms with Crippen LogP contribution >= 0.6 is 11.6 Å². The van der Waals surface area contributed by atoms with Crippen LogP contribution < -0.4 is 5.32 Å². The fraction of sp³-hybridized carbons (Fsp3) is 0.500. The molecule has 2 aliphatic heterocycles. The number of hydrogen-bond acceptors (Lipinski definition) is 4. The molecule has 1 amide bonds. The number of alkyl halides is 3. The molecule has 0 aromatic heterocycles. The average Bonchev–Trinajstić information content (AvgIpc) is 2.67. The lowest BCUT2D eigenvalue weighted by atomic mass is 9.99. The van der Waals surface area contributed by atoms with Gasteiger partial charge in [0, 0.05) is 24.6 Å². The second kappa shape index (κ2) is 8.75. The first-order chi connectivity index (χ1) is 13.7. The van der Waals surface area contributed by atoms with Gasteiger partial charge in [0.25, 0.3) is 5.91 Å². The Kier molecular flexibility index (Phi) is 6.53. The molecule has 1 unspecified atom stereocenters. The minimum absolute atomic E-state index is 0.164. The minimum atomic E-state index is -4.63. The number of benzene rings is 1. The zero-order chi connectivity index (χ0) is 21.2. The van der Waals surface area contributed by atoms with Crippen molar-refractivity contribution in [2.75, 3.05) is 19.7 Å². The molecule has 158 valence electrons. The van der Waals surface area contributed by atoms with Crippen LogP contribution in [0.2, 0.25) is 5.02 Å². The standard InChI is InChI=1S/C20H23ClF3N3O2/c1-12(25)13-8-9-27(11-16(13)26-17-7-2-3-10-29-17)19(28)14-5-4-6-15(18(14)21)20(22,23)24/h4-6,17,25-26H,2-3,7-11H2,1H3. The van der Waals surface area contributed by atoms with E-state index >= 15 is 0 Å². The quantitative estimate of drug-likeness (QED) is 0.687. The predicted molar refractivity (Wildman–Crippen MR) is 104 cm³/mol. The molecule has 1 aromatic carbocycles. The Hall–Kier alpha value is -2.06. The van der Waals surface area contributed by atoms with Gasteiger partial charge in [-0.15, -0.1) is 0 Å². The van der Waals surface area contributed by atoms with E-state index in [0.717, 1.165) is 30.9 Å². The Balaban J connectivity index is 1.83. The highest BCUT2D eigenvalue weighted by Gasteiger charge is 2.36. The summed E-state index contributed by atoms with van der Waals surface area (Å²) in [6, 6.07) is 3.35. The highest BCUT2D eigenvalue weighted by Crippen LogP contribution is 2.36. The predicted octanol–water partition coefficient (Wildman–Crippen LogP) is 4.61. The number of nitrogens with zero attached hydrogens (tertiary/aromatic N) is 1. The smallest absolute Gasteiger partial charge is 0.362 e. The first-order valence-corrected chi connectivity index (χ1v) is 9.87. The first-order valence-electron chi connectivity index (χ1n) is 9.49. The molecule has 1 atom stereocenters. The van der Waals surface area contributed by atoms with Gasteiger partial charge in [-0.05, 0) is 50.3 Å². The summed E-state index contributed by atoms with van der Waals surface area (Å²) in [6.45, 7) is 2.79. The van der Waals surface area contributed by atoms with Crippen LogP contribution in [0.1, 0.15) is 48.5 Å². The third-order valence-corrected chi connectivity index (χ3v) is 5.54. The molecule has 3 rings (SSSR count). The summed E-state index contributed by atoms with van der Waals surface area (Å²) in [4.78, 5) is 14.4. The highest BCUT2D eigenvalue weighted by molar-refractivity contribution is 6.34. The van der Waals surface area contributed by atoms with Gasteiger partial charge in [0.15, 0.2) is 0 Å². The number of hydrogen-bond donors (Lipinski definition) is 2. The van der Waals surface area contributed by atoms with Crippen LogP contribution in [0.3, 0.4) is 0 Å². The molecule has 2 N–H and O–H groups in total. The van der Waals surface area contributed by atoms with Gasteiger partial charge >= 0.3 is 6.18 Å². The largest absolute Gasteiger partial charge is 0.417 e. The van der Waals surface area contributed by atoms with Crippen molar-refractivity contribution < 1.29 is 22.7 Å². The summed E-state index contributed by atoms with van der Waals surface area (Å²) in [7, 11) is 0. The number of carbonyl (C=O) groups excluding carboxylic acids is 1. The molecule has 9 heteroatoms. The molecule has 2 aliphatic rings. The van der Waals surface area contributed by atoms with Crippen LogP contribution in [0.25, 0.3) is 0 Å². The summed E-state index contributed by atoms with van der Waals surface area (Å²) in [5, 5.41) is 10.7. The van der Waals surface area contributed by atoms with Crippen LogP contribution in [-0.2, 0) is 10.9 Å². The van der Waals surface area contributed by atoms with Gasteiger partial charge in [-0.2, -0.15) is 13.2 Å². The Morgan fingerprint density at radius 2 is 2.10 bits per heavy atom. The van der Waals surface area contributed by atoms with Gasteiger partial charge in [-0.1, -0.05) is 17.7 Å². The van der Waals surface area contributed by atoms with Crippen molar-refractivity contribution in [3.8, 4) is 0 Å². The third-order valence-electron chi connectivity index (χ3n) is 5.13. The topological polar surface area (TPSA) is 65.4 Å². The number of ether oxygens (including phenoxy) is 1. The molecule has 0 saturated carbocycles. The van der Waals surface area contributed by atoms with Crippen molar-refractivity contribution in [1.29, 1.82) is 5.41 Å². The number of rotatable bonds is 4. The Labute approximate surface area is 172 Å². The van der Waals surface area contributed by atoms with Crippen LogP contribution in [0.5, 0.6) is 0 Å². The van der Waals surface area contributed by atoms with Crippen molar-refractivity contribution in [2.45, 2.75) is 45.0 Å². The Bertz CT molecular complexity index is 833. The normalized spacial score (nSPS) is 20.6. The molecule has 0 spiro atoms. The molecule has 0 radical (unpaired) electrons. The van der Waals surface area contributed by atoms with E-state index in [0.29, 0.717) is 31.0 Å². The van der Waals surface area contributed by atoms with Crippen molar-refractivity contribution in [2.24, 2.45) is 0 Å². The van der Waals surface area contributed by atoms with Crippen LogP contribution in [0.15, 0.2) is 29.5 Å². The molecule has 2 heterocycles. The zero-order valence-electron chi connectivity index (χ0n) is 16.0. The lowest BCUT2D eigenvalue weighted by Gasteiger charge is -2.34. The van der Waals surface area contributed by atoms with Gasteiger partial charge in [-0.3, -0.25) is 4.79 Å². The van der Waals surface area contributed by atoms with Crippen LogP contribution in [-0.4, -0.2) is 42.4 Å². The average molecular weight is 430 g/mol. The summed E-state index contributed by atoms with van der Waals surface area (Å²) >= 11 is 5.93. The molecule has 1 fully saturated rings. The van der Waals surface area contributed by atoms with Crippen molar-refractivity contribution in [1.82, 2.24) is 10.2 Å². The van der Waals surface area contributed by atoms with Crippen molar-refractivity contribution >= 4 is 23.2 Å². The minimum Gasteiger partial charge on any atom is -0.362 e. The van der Waals surface area contributed by atoms with Gasteiger partial charge in [0.1, 0.15) is 6.23 Å². The van der Waals surface area contributed by atoms with Gasteiger partial charge in [-0.25, -0.2) is 0 Å². The highest BCUT2D eigenvalue weighted by atomic mass is 35.5. The molecule has 29 heavy (non-hydrogen) atoms. The van der Waals surface area contributed by atoms with Crippen molar-refractivity contribution in [3.63, 3.8) is 0 Å². The van der Waals surface area contributed by atoms with E-state index in [1.807, 2.05) is 0 Å². The van der Waals surface area contributed by atoms with Gasteiger partial charge < -0.3 is 20.4 Å². The van der Waals surface area contributed by atoms with Crippen molar-refractivity contribution in [3.05, 3.63) is 45.6 Å². The summed E-state index contributed by atoms with van der Waals surface area (Å²) in [5.41, 5.74) is 0.699. The maximum Gasteiger partial charge on any atom is 0.417 e. The van der Waals surface area contributed by atoms with E-state index in [4.69, 9.17) is 21.7 Å². The molecular formula is C20H23ClF3N3O2. The van der Waals surface area contributed by atoms with E-state index in [9.17, 15) is 18.0 Å². The maximum atomic E-state index is 13.1. The Morgan fingerprint density at radius 1 is 1.34 bits per heavy atom. The number of carbonyl (C=O) groups is 1. The van der Waals surface area contributed by atoms with Crippen LogP contribution in [0, 0.1) is 5.41 Å². The molecular weight excluding hydrogens is 407 g/mol. The van der Waals surface area contributed by atoms with E-state index < -0.39 is 22.7 Å². The molecule has 1 saturated heterocycles. The van der Waals surface area contributed by atoms with Gasteiger partial charge in [0.05, 0.1) is 22.7 Å². The zero-order valence-corrected chi connectivity index (χ0v) is 16.8. The molecule has 1 aromatic rings. The summed E-state index contributed by atoms with van der Waals surface area (Å²) in [6.07, 6.45) is -1.56. The van der Waals surface area contributed by atoms with Gasteiger partial charge in [0.2, 0.25) is 0 Å². The molecule has 0 aliphatic carbocycles. The van der Waals surface area contributed by atoms with Crippen LogP contribution in [0.4, 0.5) is 13.2 Å². The number of nitrogens with one attached hydrogen (secondary N) is 2. The monoisotopic (exact) mass is 429 g/mol. The van der Waals surface area contributed by atoms with E-state index in [1.165, 1.54) is 17.0 Å². The fourth-order valence-corrected chi connectivity index (χ4v) is 3.93. The molecule has 5 nitrogen and oxygen atoms in total. The lowest BCUT2D eigenvalue weighted by Crippen LogP contribution is -2.45. The fourth-order valence-electron chi connectivity index (χ4n) is 3.62. The molecule has 0 bridgehead atoms. The lowest BCUT2D eigenvalue weighted by molar-refractivity contribution is -0.137. The number of amides is 1. The second-order valence-electron chi connectivity index (χ2n) is 7.22. The van der Waals surface area contributed by atoms with E-state index in [-0.39, 0.29) is 18.3 Å². The SMILES string of the molecule is CC(=N)C1=C(NC2CCCCO2)CN(C(=O)c2cccc(C(F)(F)F)c2Cl)CC1. The maximum absolute atomic E-state index is 13.1. The first kappa shape index (κ1) is 21.6.